The lowest BCUT2D eigenvalue weighted by Gasteiger charge is -2.05. The van der Waals surface area contributed by atoms with Crippen LogP contribution in [-0.2, 0) is 9.59 Å². The molecule has 9 nitrogen and oxygen atoms in total. The van der Waals surface area contributed by atoms with Crippen LogP contribution in [0.4, 0.5) is 11.5 Å². The van der Waals surface area contributed by atoms with Crippen LogP contribution in [0.2, 0.25) is 0 Å². The van der Waals surface area contributed by atoms with Gasteiger partial charge in [0.05, 0.1) is 5.97 Å². The largest absolute Gasteiger partial charge is 0.545 e. The maximum Gasteiger partial charge on any atom is 0.328 e. The molecule has 0 aliphatic carbocycles. The molecule has 0 aliphatic heterocycles. The smallest absolute Gasteiger partial charge is 0.328 e. The molecule has 0 saturated carbocycles. The van der Waals surface area contributed by atoms with E-state index in [9.17, 15) is 14.7 Å². The summed E-state index contributed by atoms with van der Waals surface area (Å²) < 4.78 is 0. The molecule has 1 rings (SSSR count). The standard InChI is InChI=1S/C9H15N5S2.C4H4O4/c1-12-9(15)13-4-5-16-7-3-2-6(10)8(11)14-7;5-3(6)1-2-4(7)8/h2-3H,4-5,10H2,1H3,(H2,11,14)(H2,12,13,15);1-2H,(H,5,6)(H,7,8)/b;2-1+. The van der Waals surface area contributed by atoms with Gasteiger partial charge in [-0.15, -0.1) is 0 Å². The van der Waals surface area contributed by atoms with Crippen molar-refractivity contribution >= 4 is 52.5 Å². The highest BCUT2D eigenvalue weighted by Crippen LogP contribution is 2.15. The quantitative estimate of drug-likeness (QED) is 0.166. The number of hydrogen-bond acceptors (Lipinski definition) is 7. The number of aliphatic carboxylic acids is 2. The molecule has 0 radical (unpaired) electrons. The number of pyridine rings is 1. The van der Waals surface area contributed by atoms with Gasteiger partial charge >= 0.3 is 5.97 Å². The fourth-order valence-electron chi connectivity index (χ4n) is 1.14. The second-order valence-corrected chi connectivity index (χ2v) is 5.58. The Kier molecular flexibility index (Phi) is 10.7. The van der Waals surface area contributed by atoms with Gasteiger partial charge in [-0.3, -0.25) is 5.73 Å². The molecule has 0 atom stereocenters. The molecule has 132 valence electrons. The van der Waals surface area contributed by atoms with E-state index in [2.05, 4.69) is 15.6 Å². The molecule has 0 amide bonds. The Bertz CT molecular complexity index is 594. The number of anilines is 2. The van der Waals surface area contributed by atoms with Crippen molar-refractivity contribution in [3.63, 3.8) is 0 Å². The number of carbonyl (C=O) groups is 2. The highest BCUT2D eigenvalue weighted by molar-refractivity contribution is 7.99. The van der Waals surface area contributed by atoms with E-state index in [-0.39, 0.29) is 0 Å². The Hall–Kier alpha value is -2.53. The fraction of sp³-hybridized carbons (Fsp3) is 0.231. The lowest BCUT2D eigenvalue weighted by molar-refractivity contribution is -0.408. The molecule has 0 spiro atoms. The number of nitrogen functional groups attached to an aromatic ring is 2. The maximum absolute atomic E-state index is 9.53. The minimum Gasteiger partial charge on any atom is -0.545 e. The van der Waals surface area contributed by atoms with Crippen LogP contribution in [0, 0.1) is 0 Å². The molecular weight excluding hydrogens is 354 g/mol. The highest BCUT2D eigenvalue weighted by atomic mass is 32.2. The number of carboxylic acids is 2. The van der Waals surface area contributed by atoms with Crippen LogP contribution in [0.3, 0.4) is 0 Å². The third-order valence-corrected chi connectivity index (χ3v) is 3.52. The molecule has 0 saturated heterocycles. The average molecular weight is 373 g/mol. The third kappa shape index (κ3) is 11.1. The van der Waals surface area contributed by atoms with Gasteiger partial charge in [0.15, 0.2) is 10.1 Å². The lowest BCUT2D eigenvalue weighted by Crippen LogP contribution is -2.33. The summed E-state index contributed by atoms with van der Waals surface area (Å²) in [4.78, 5) is 22.0. The highest BCUT2D eigenvalue weighted by Gasteiger charge is 2.04. The summed E-state index contributed by atoms with van der Waals surface area (Å²) in [7, 11) is 1.79. The number of nitrogens with one attached hydrogen (secondary N) is 3. The number of rotatable bonds is 6. The zero-order valence-electron chi connectivity index (χ0n) is 12.9. The first-order chi connectivity index (χ1) is 11.3. The Morgan fingerprint density at radius 1 is 1.42 bits per heavy atom. The van der Waals surface area contributed by atoms with E-state index in [1.807, 2.05) is 6.07 Å². The van der Waals surface area contributed by atoms with Crippen molar-refractivity contribution in [3.05, 3.63) is 24.3 Å². The zero-order valence-corrected chi connectivity index (χ0v) is 14.5. The van der Waals surface area contributed by atoms with E-state index in [1.165, 1.54) is 0 Å². The monoisotopic (exact) mass is 373 g/mol. The van der Waals surface area contributed by atoms with Crippen LogP contribution in [0.15, 0.2) is 29.3 Å². The molecule has 0 fully saturated rings. The number of thioether (sulfide) groups is 1. The van der Waals surface area contributed by atoms with Crippen molar-refractivity contribution in [1.29, 1.82) is 0 Å². The molecule has 0 aromatic carbocycles. The number of thiocarbonyl (C=S) groups is 1. The molecule has 0 unspecified atom stereocenters. The first-order valence-electron chi connectivity index (χ1n) is 6.54. The van der Waals surface area contributed by atoms with Crippen molar-refractivity contribution in [3.8, 4) is 0 Å². The minimum absolute atomic E-state index is 0.447. The normalized spacial score (nSPS) is 9.71. The van der Waals surface area contributed by atoms with Gasteiger partial charge in [0.25, 0.3) is 5.82 Å². The number of carboxylic acid groups (broad SMARTS) is 2. The summed E-state index contributed by atoms with van der Waals surface area (Å²) >= 11 is 6.60. The van der Waals surface area contributed by atoms with Gasteiger partial charge in [-0.1, -0.05) is 11.8 Å². The first-order valence-corrected chi connectivity index (χ1v) is 7.93. The van der Waals surface area contributed by atoms with Gasteiger partial charge in [0, 0.05) is 25.4 Å². The fourth-order valence-corrected chi connectivity index (χ4v) is 2.01. The number of hydrogen-bond donors (Lipinski definition) is 5. The predicted octanol–water partition coefficient (Wildman–Crippen LogP) is -1.77. The summed E-state index contributed by atoms with van der Waals surface area (Å²) in [5, 5.41) is 24.8. The molecule has 1 aromatic rings. The minimum atomic E-state index is -1.51. The molecule has 0 bridgehead atoms. The van der Waals surface area contributed by atoms with Gasteiger partial charge in [-0.05, 0) is 30.4 Å². The van der Waals surface area contributed by atoms with E-state index >= 15 is 0 Å². The van der Waals surface area contributed by atoms with E-state index in [0.717, 1.165) is 17.3 Å². The summed E-state index contributed by atoms with van der Waals surface area (Å²) in [5.74, 6) is -1.41. The number of nitrogens with two attached hydrogens (primary N) is 2. The van der Waals surface area contributed by atoms with E-state index < -0.39 is 11.9 Å². The van der Waals surface area contributed by atoms with Crippen LogP contribution in [0.25, 0.3) is 0 Å². The molecule has 1 heterocycles. The molecule has 24 heavy (non-hydrogen) atoms. The number of aromatic nitrogens is 1. The van der Waals surface area contributed by atoms with Crippen LogP contribution < -0.4 is 32.2 Å². The maximum atomic E-state index is 9.53. The summed E-state index contributed by atoms with van der Waals surface area (Å²) in [6.45, 7) is 0.794. The van der Waals surface area contributed by atoms with Crippen LogP contribution in [0.1, 0.15) is 0 Å². The van der Waals surface area contributed by atoms with Crippen molar-refractivity contribution in [1.82, 2.24) is 10.6 Å². The van der Waals surface area contributed by atoms with Crippen LogP contribution in [0.5, 0.6) is 0 Å². The summed E-state index contributed by atoms with van der Waals surface area (Å²) in [6, 6.07) is 3.70. The van der Waals surface area contributed by atoms with Crippen molar-refractivity contribution < 1.29 is 24.8 Å². The van der Waals surface area contributed by atoms with Crippen molar-refractivity contribution in [2.24, 2.45) is 0 Å². The average Bonchev–Trinajstić information content (AvgIpc) is 2.53. The lowest BCUT2D eigenvalue weighted by atomic mass is 10.4. The molecule has 1 aromatic heterocycles. The second-order valence-electron chi connectivity index (χ2n) is 4.04. The topological polar surface area (TPSA) is 168 Å². The summed E-state index contributed by atoms with van der Waals surface area (Å²) in [6.07, 6.45) is 0.942. The van der Waals surface area contributed by atoms with Gasteiger partial charge in [-0.25, -0.2) is 9.78 Å². The Morgan fingerprint density at radius 3 is 2.54 bits per heavy atom. The zero-order chi connectivity index (χ0) is 18.5. The third-order valence-electron chi connectivity index (χ3n) is 2.22. The van der Waals surface area contributed by atoms with Crippen molar-refractivity contribution in [2.45, 2.75) is 5.03 Å². The van der Waals surface area contributed by atoms with Gasteiger partial charge in [0.1, 0.15) is 5.69 Å². The van der Waals surface area contributed by atoms with E-state index in [0.29, 0.717) is 28.8 Å². The second kappa shape index (κ2) is 12.0. The van der Waals surface area contributed by atoms with Gasteiger partial charge in [0.2, 0.25) is 0 Å². The van der Waals surface area contributed by atoms with Crippen LogP contribution >= 0.6 is 24.0 Å². The van der Waals surface area contributed by atoms with E-state index in [1.54, 1.807) is 24.9 Å². The Labute approximate surface area is 148 Å². The number of carbonyl (C=O) groups excluding carboxylic acids is 1. The van der Waals surface area contributed by atoms with Gasteiger partial charge in [-0.2, -0.15) is 0 Å². The number of H-pyrrole nitrogens is 1. The SMILES string of the molecule is CNC(=S)NCCSc1ccc(N)c(N)[nH+]1.O=C([O-])/C=C/C(=O)O. The molecule has 0 aliphatic rings. The van der Waals surface area contributed by atoms with Gasteiger partial charge < -0.3 is 31.4 Å². The first kappa shape index (κ1) is 21.5. The van der Waals surface area contributed by atoms with Crippen molar-refractivity contribution in [2.75, 3.05) is 30.8 Å². The molecule has 11 heteroatoms. The Morgan fingerprint density at radius 2 is 2.08 bits per heavy atom. The molecule has 8 N–H and O–H groups in total. The molecular formula is C13H19N5O4S2. The predicted molar refractivity (Wildman–Crippen MR) is 94.0 cm³/mol. The van der Waals surface area contributed by atoms with Crippen LogP contribution in [-0.4, -0.2) is 41.5 Å². The number of aromatic amines is 1. The summed E-state index contributed by atoms with van der Waals surface area (Å²) in [5.41, 5.74) is 11.8. The van der Waals surface area contributed by atoms with E-state index in [4.69, 9.17) is 28.8 Å². The Balaban J connectivity index is 0.000000561.